The van der Waals surface area contributed by atoms with E-state index in [1.807, 2.05) is 9.24 Å². The highest BCUT2D eigenvalue weighted by atomic mass is 31.0. The summed E-state index contributed by atoms with van der Waals surface area (Å²) >= 11 is 0. The van der Waals surface area contributed by atoms with E-state index in [4.69, 9.17) is 0 Å². The summed E-state index contributed by atoms with van der Waals surface area (Å²) in [5, 5.41) is -1.81. The van der Waals surface area contributed by atoms with Crippen LogP contribution in [-0.2, 0) is 0 Å². The molecule has 0 aliphatic carbocycles. The van der Waals surface area contributed by atoms with E-state index in [-0.39, 0.29) is 0 Å². The van der Waals surface area contributed by atoms with E-state index in [1.54, 1.807) is 0 Å². The third kappa shape index (κ3) is 3.28. The van der Waals surface area contributed by atoms with Crippen molar-refractivity contribution < 1.29 is 43.9 Å². The Hall–Kier alpha value is -1.83. The second kappa shape index (κ2) is 6.96. The molecule has 2 aromatic rings. The first kappa shape index (κ1) is 21.5. The molecule has 0 aromatic heterocycles. The van der Waals surface area contributed by atoms with Crippen molar-refractivity contribution in [3.05, 3.63) is 69.3 Å². The monoisotopic (exact) mass is 422 g/mol. The van der Waals surface area contributed by atoms with E-state index >= 15 is 0 Å². The predicted molar refractivity (Wildman–Crippen MR) is 78.1 cm³/mol. The zero-order valence-corrected chi connectivity index (χ0v) is 14.6. The molecule has 0 fully saturated rings. The highest BCUT2D eigenvalue weighted by molar-refractivity contribution is 7.19. The van der Waals surface area contributed by atoms with Crippen LogP contribution in [0.5, 0.6) is 0 Å². The summed E-state index contributed by atoms with van der Waals surface area (Å²) in [6, 6.07) is 0. The maximum Gasteiger partial charge on any atom is 0.200 e. The van der Waals surface area contributed by atoms with Gasteiger partial charge in [0.05, 0.1) is 0 Å². The summed E-state index contributed by atoms with van der Waals surface area (Å²) in [6.45, 7) is 2.05. The lowest BCUT2D eigenvalue weighted by Gasteiger charge is -2.32. The molecule has 11 heteroatoms. The standard InChI is InChI=1S/C16H9F10P/c1-16(2,27)5(3-6(17)10(21)14(25)11(22)7(3)18)4-8(19)12(23)15(26)13(24)9(4)20/h5H,27H2,1-2H3. The second-order valence-corrected chi connectivity index (χ2v) is 7.71. The fourth-order valence-electron chi connectivity index (χ4n) is 2.64. The normalized spacial score (nSPS) is 12.2. The second-order valence-electron chi connectivity index (χ2n) is 6.22. The van der Waals surface area contributed by atoms with Crippen LogP contribution < -0.4 is 0 Å². The fourth-order valence-corrected chi connectivity index (χ4v) is 2.97. The Morgan fingerprint density at radius 3 is 0.852 bits per heavy atom. The van der Waals surface area contributed by atoms with Gasteiger partial charge in [0.2, 0.25) is 11.6 Å². The van der Waals surface area contributed by atoms with Gasteiger partial charge in [-0.05, 0) is 5.16 Å². The molecule has 0 aliphatic rings. The first-order valence-electron chi connectivity index (χ1n) is 7.04. The van der Waals surface area contributed by atoms with Gasteiger partial charge in [0.1, 0.15) is 0 Å². The van der Waals surface area contributed by atoms with E-state index in [0.29, 0.717) is 0 Å². The first-order chi connectivity index (χ1) is 12.2. The highest BCUT2D eigenvalue weighted by Gasteiger charge is 2.42. The Morgan fingerprint density at radius 1 is 0.481 bits per heavy atom. The molecule has 0 heterocycles. The smallest absolute Gasteiger partial charge is 0.200 e. The van der Waals surface area contributed by atoms with Crippen molar-refractivity contribution in [1.29, 1.82) is 0 Å². The summed E-state index contributed by atoms with van der Waals surface area (Å²) in [6.07, 6.45) is 0. The summed E-state index contributed by atoms with van der Waals surface area (Å²) in [4.78, 5) is 0. The molecule has 0 aliphatic heterocycles. The van der Waals surface area contributed by atoms with Gasteiger partial charge in [0.25, 0.3) is 0 Å². The minimum absolute atomic E-state index is 1.03. The molecular formula is C16H9F10P. The lowest BCUT2D eigenvalue weighted by Crippen LogP contribution is -2.29. The van der Waals surface area contributed by atoms with Gasteiger partial charge >= 0.3 is 0 Å². The molecule has 0 saturated carbocycles. The van der Waals surface area contributed by atoms with Crippen molar-refractivity contribution in [3.63, 3.8) is 0 Å². The van der Waals surface area contributed by atoms with Crippen molar-refractivity contribution in [2.24, 2.45) is 0 Å². The average molecular weight is 422 g/mol. The maximum atomic E-state index is 14.2. The molecule has 0 bridgehead atoms. The summed E-state index contributed by atoms with van der Waals surface area (Å²) < 4.78 is 137. The Bertz CT molecular complexity index is 805. The quantitative estimate of drug-likeness (QED) is 0.252. The number of halogens is 10. The van der Waals surface area contributed by atoms with Crippen LogP contribution >= 0.6 is 9.24 Å². The van der Waals surface area contributed by atoms with Gasteiger partial charge in [-0.3, -0.25) is 0 Å². The highest BCUT2D eigenvalue weighted by Crippen LogP contribution is 2.46. The van der Waals surface area contributed by atoms with Crippen LogP contribution in [0, 0.1) is 58.2 Å². The van der Waals surface area contributed by atoms with E-state index < -0.39 is 80.4 Å². The van der Waals surface area contributed by atoms with Crippen LogP contribution in [0.2, 0.25) is 0 Å². The van der Waals surface area contributed by atoms with Crippen molar-refractivity contribution >= 4 is 9.24 Å². The zero-order chi connectivity index (χ0) is 21.0. The van der Waals surface area contributed by atoms with Gasteiger partial charge in [-0.25, -0.2) is 43.9 Å². The first-order valence-corrected chi connectivity index (χ1v) is 7.62. The molecule has 0 saturated heterocycles. The molecule has 148 valence electrons. The van der Waals surface area contributed by atoms with Crippen LogP contribution in [0.25, 0.3) is 0 Å². The topological polar surface area (TPSA) is 0 Å². The van der Waals surface area contributed by atoms with E-state index in [2.05, 4.69) is 0 Å². The number of hydrogen-bond donors (Lipinski definition) is 0. The van der Waals surface area contributed by atoms with Crippen molar-refractivity contribution in [3.8, 4) is 0 Å². The van der Waals surface area contributed by atoms with E-state index in [0.717, 1.165) is 13.8 Å². The van der Waals surface area contributed by atoms with Gasteiger partial charge in [0.15, 0.2) is 46.5 Å². The number of hydrogen-bond acceptors (Lipinski definition) is 0. The SMILES string of the molecule is CC(C)(P)C(c1c(F)c(F)c(F)c(F)c1F)c1c(F)c(F)c(F)c(F)c1F. The average Bonchev–Trinajstić information content (AvgIpc) is 2.59. The molecule has 0 nitrogen and oxygen atoms in total. The molecular weight excluding hydrogens is 413 g/mol. The van der Waals surface area contributed by atoms with Gasteiger partial charge < -0.3 is 0 Å². The third-order valence-electron chi connectivity index (χ3n) is 3.81. The Balaban J connectivity index is 3.04. The molecule has 0 radical (unpaired) electrons. The third-order valence-corrected chi connectivity index (χ3v) is 4.14. The van der Waals surface area contributed by atoms with E-state index in [9.17, 15) is 43.9 Å². The summed E-state index contributed by atoms with van der Waals surface area (Å²) in [7, 11) is 1.81. The summed E-state index contributed by atoms with van der Waals surface area (Å²) in [5.74, 6) is -27.0. The maximum absolute atomic E-state index is 14.2. The van der Waals surface area contributed by atoms with Crippen LogP contribution in [0.3, 0.4) is 0 Å². The molecule has 27 heavy (non-hydrogen) atoms. The van der Waals surface area contributed by atoms with Gasteiger partial charge in [-0.15, -0.1) is 9.24 Å². The van der Waals surface area contributed by atoms with Crippen LogP contribution in [0.4, 0.5) is 43.9 Å². The predicted octanol–water partition coefficient (Wildman–Crippen LogP) is 5.86. The summed E-state index contributed by atoms with van der Waals surface area (Å²) in [5.41, 5.74) is -3.45. The van der Waals surface area contributed by atoms with E-state index in [1.165, 1.54) is 0 Å². The molecule has 1 unspecified atom stereocenters. The Labute approximate surface area is 148 Å². The molecule has 2 rings (SSSR count). The zero-order valence-electron chi connectivity index (χ0n) is 13.4. The van der Waals surface area contributed by atoms with Gasteiger partial charge in [-0.2, -0.15) is 0 Å². The van der Waals surface area contributed by atoms with Crippen molar-refractivity contribution in [2.75, 3.05) is 0 Å². The van der Waals surface area contributed by atoms with Crippen LogP contribution in [0.1, 0.15) is 30.9 Å². The minimum atomic E-state index is -2.54. The molecule has 2 aromatic carbocycles. The number of benzene rings is 2. The Morgan fingerprint density at radius 2 is 0.667 bits per heavy atom. The fraction of sp³-hybridized carbons (Fsp3) is 0.250. The molecule has 0 N–H and O–H groups in total. The van der Waals surface area contributed by atoms with Crippen molar-refractivity contribution in [2.45, 2.75) is 24.9 Å². The lowest BCUT2D eigenvalue weighted by molar-refractivity contribution is 0.345. The number of rotatable bonds is 3. The van der Waals surface area contributed by atoms with Gasteiger partial charge in [0, 0.05) is 17.0 Å². The lowest BCUT2D eigenvalue weighted by atomic mass is 9.80. The van der Waals surface area contributed by atoms with Crippen molar-refractivity contribution in [1.82, 2.24) is 0 Å². The molecule has 0 amide bonds. The van der Waals surface area contributed by atoms with Crippen LogP contribution in [-0.4, -0.2) is 5.16 Å². The molecule has 0 spiro atoms. The largest absolute Gasteiger partial charge is 0.203 e. The molecule has 1 atom stereocenters. The van der Waals surface area contributed by atoms with Gasteiger partial charge in [-0.1, -0.05) is 13.8 Å². The minimum Gasteiger partial charge on any atom is -0.203 e. The Kier molecular flexibility index (Phi) is 5.54. The van der Waals surface area contributed by atoms with Crippen LogP contribution in [0.15, 0.2) is 0 Å².